The summed E-state index contributed by atoms with van der Waals surface area (Å²) in [6.07, 6.45) is 0.397. The number of amides is 3. The summed E-state index contributed by atoms with van der Waals surface area (Å²) >= 11 is 0. The number of rotatable bonds is 4. The Morgan fingerprint density at radius 2 is 2.00 bits per heavy atom. The summed E-state index contributed by atoms with van der Waals surface area (Å²) < 4.78 is 5.26. The van der Waals surface area contributed by atoms with Crippen LogP contribution in [0.5, 0.6) is 0 Å². The second-order valence-electron chi connectivity index (χ2n) is 5.20. The smallest absolute Gasteiger partial charge is 0.322 e. The van der Waals surface area contributed by atoms with Crippen LogP contribution in [-0.2, 0) is 16.1 Å². The van der Waals surface area contributed by atoms with Crippen LogP contribution in [0.15, 0.2) is 28.7 Å². The maximum Gasteiger partial charge on any atom is 0.322 e. The summed E-state index contributed by atoms with van der Waals surface area (Å²) in [5.41, 5.74) is 1.42. The zero-order valence-electron chi connectivity index (χ0n) is 12.4. The fraction of sp³-hybridized carbons (Fsp3) is 0.267. The largest absolute Gasteiger partial charge is 0.406 e. The Kier molecular flexibility index (Phi) is 3.88. The van der Waals surface area contributed by atoms with Crippen molar-refractivity contribution in [2.45, 2.75) is 26.3 Å². The summed E-state index contributed by atoms with van der Waals surface area (Å²) in [5, 5.41) is 9.92. The third kappa shape index (κ3) is 3.25. The monoisotopic (exact) mass is 314 g/mol. The summed E-state index contributed by atoms with van der Waals surface area (Å²) in [4.78, 5) is 36.2. The molecule has 0 unspecified atom stereocenters. The number of aromatic nitrogens is 2. The minimum Gasteiger partial charge on any atom is -0.406 e. The van der Waals surface area contributed by atoms with E-state index in [2.05, 4.69) is 15.5 Å². The third-order valence-corrected chi connectivity index (χ3v) is 3.42. The molecule has 8 nitrogen and oxygen atoms in total. The lowest BCUT2D eigenvalue weighted by molar-refractivity contribution is -0.139. The number of nitrogens with zero attached hydrogens (tertiary/aromatic N) is 3. The molecule has 0 aliphatic carbocycles. The molecule has 1 aromatic heterocycles. The quantitative estimate of drug-likeness (QED) is 0.852. The second-order valence-corrected chi connectivity index (χ2v) is 5.20. The molecule has 0 bridgehead atoms. The molecule has 0 saturated carbocycles. The number of carbonyl (C=O) groups excluding carboxylic acids is 3. The summed E-state index contributed by atoms with van der Waals surface area (Å²) in [5.74, 6) is -0.817. The molecule has 23 heavy (non-hydrogen) atoms. The van der Waals surface area contributed by atoms with E-state index in [1.807, 2.05) is 13.0 Å². The fourth-order valence-corrected chi connectivity index (χ4v) is 2.26. The van der Waals surface area contributed by atoms with Crippen LogP contribution in [0.1, 0.15) is 34.7 Å². The molecule has 2 aromatic rings. The van der Waals surface area contributed by atoms with Gasteiger partial charge in [-0.05, 0) is 19.1 Å². The predicted molar refractivity (Wildman–Crippen MR) is 78.2 cm³/mol. The van der Waals surface area contributed by atoms with Crippen molar-refractivity contribution in [3.05, 3.63) is 41.3 Å². The zero-order chi connectivity index (χ0) is 16.4. The molecule has 2 heterocycles. The predicted octanol–water partition coefficient (Wildman–Crippen LogP) is 1.28. The average Bonchev–Trinajstić information content (AvgIpc) is 3.09. The number of nitrogens with one attached hydrogen (secondary N) is 1. The first-order chi connectivity index (χ1) is 11.0. The first kappa shape index (κ1) is 14.9. The second kappa shape index (κ2) is 5.99. The lowest BCUT2D eigenvalue weighted by atomic mass is 10.1. The number of carbonyl (C=O) groups is 3. The van der Waals surface area contributed by atoms with Crippen LogP contribution in [0, 0.1) is 6.92 Å². The highest BCUT2D eigenvalue weighted by molar-refractivity contribution is 6.03. The van der Waals surface area contributed by atoms with Gasteiger partial charge >= 0.3 is 6.01 Å². The van der Waals surface area contributed by atoms with E-state index in [0.717, 1.165) is 10.5 Å². The van der Waals surface area contributed by atoms with Crippen LogP contribution in [0.3, 0.4) is 0 Å². The molecule has 1 fully saturated rings. The fourth-order valence-electron chi connectivity index (χ4n) is 2.26. The zero-order valence-corrected chi connectivity index (χ0v) is 12.4. The lowest BCUT2D eigenvalue weighted by Crippen LogP contribution is -2.28. The minimum absolute atomic E-state index is 0.0781. The molecule has 8 heteroatoms. The van der Waals surface area contributed by atoms with E-state index in [0.29, 0.717) is 5.56 Å². The number of hydrogen-bond donors (Lipinski definition) is 1. The summed E-state index contributed by atoms with van der Waals surface area (Å²) in [6.45, 7) is 1.80. The summed E-state index contributed by atoms with van der Waals surface area (Å²) in [6, 6.07) is 6.97. The van der Waals surface area contributed by atoms with Crippen molar-refractivity contribution in [2.75, 3.05) is 5.32 Å². The Bertz CT molecular complexity index is 767. The molecule has 1 N–H and O–H groups in total. The minimum atomic E-state index is -0.378. The topological polar surface area (TPSA) is 105 Å². The first-order valence-electron chi connectivity index (χ1n) is 7.06. The van der Waals surface area contributed by atoms with Crippen molar-refractivity contribution in [1.82, 2.24) is 15.1 Å². The number of anilines is 1. The molecule has 0 radical (unpaired) electrons. The molecule has 1 aliphatic heterocycles. The molecule has 118 valence electrons. The van der Waals surface area contributed by atoms with Crippen LogP contribution in [-0.4, -0.2) is 32.8 Å². The van der Waals surface area contributed by atoms with Crippen molar-refractivity contribution in [2.24, 2.45) is 0 Å². The van der Waals surface area contributed by atoms with E-state index in [4.69, 9.17) is 4.42 Å². The maximum atomic E-state index is 12.1. The van der Waals surface area contributed by atoms with Gasteiger partial charge in [0.05, 0.1) is 0 Å². The van der Waals surface area contributed by atoms with Crippen molar-refractivity contribution >= 4 is 23.7 Å². The van der Waals surface area contributed by atoms with Crippen molar-refractivity contribution in [3.63, 3.8) is 0 Å². The highest BCUT2D eigenvalue weighted by atomic mass is 16.4. The van der Waals surface area contributed by atoms with Crippen LogP contribution in [0.4, 0.5) is 6.01 Å². The number of aryl methyl sites for hydroxylation is 1. The maximum absolute atomic E-state index is 12.1. The van der Waals surface area contributed by atoms with E-state index in [-0.39, 0.29) is 49.0 Å². The molecular formula is C15H14N4O4. The highest BCUT2D eigenvalue weighted by Gasteiger charge is 2.30. The van der Waals surface area contributed by atoms with Gasteiger partial charge < -0.3 is 4.42 Å². The third-order valence-electron chi connectivity index (χ3n) is 3.42. The van der Waals surface area contributed by atoms with Crippen LogP contribution in [0.25, 0.3) is 0 Å². The Morgan fingerprint density at radius 1 is 1.26 bits per heavy atom. The average molecular weight is 314 g/mol. The van der Waals surface area contributed by atoms with Gasteiger partial charge in [0.15, 0.2) is 0 Å². The Balaban J connectivity index is 1.66. The van der Waals surface area contributed by atoms with Crippen molar-refractivity contribution in [1.29, 1.82) is 0 Å². The van der Waals surface area contributed by atoms with E-state index >= 15 is 0 Å². The normalized spacial score (nSPS) is 14.4. The van der Waals surface area contributed by atoms with Crippen molar-refractivity contribution < 1.29 is 18.8 Å². The van der Waals surface area contributed by atoms with Crippen LogP contribution < -0.4 is 5.32 Å². The number of hydrogen-bond acceptors (Lipinski definition) is 6. The van der Waals surface area contributed by atoms with Crippen LogP contribution in [0.2, 0.25) is 0 Å². The molecule has 1 aliphatic rings. The highest BCUT2D eigenvalue weighted by Crippen LogP contribution is 2.16. The molecular weight excluding hydrogens is 300 g/mol. The first-order valence-corrected chi connectivity index (χ1v) is 7.06. The number of benzene rings is 1. The van der Waals surface area contributed by atoms with Gasteiger partial charge in [0, 0.05) is 18.4 Å². The summed E-state index contributed by atoms with van der Waals surface area (Å²) in [7, 11) is 0. The number of likely N-dealkylation sites (tertiary alicyclic amines) is 1. The molecule has 3 rings (SSSR count). The van der Waals surface area contributed by atoms with Gasteiger partial charge in [0.2, 0.25) is 17.7 Å². The molecule has 0 atom stereocenters. The molecule has 3 amide bonds. The van der Waals surface area contributed by atoms with Gasteiger partial charge in [0.25, 0.3) is 5.91 Å². The molecule has 0 spiro atoms. The molecule has 1 aromatic carbocycles. The Morgan fingerprint density at radius 3 is 2.70 bits per heavy atom. The van der Waals surface area contributed by atoms with Gasteiger partial charge in [-0.25, -0.2) is 0 Å². The van der Waals surface area contributed by atoms with Crippen LogP contribution >= 0.6 is 0 Å². The van der Waals surface area contributed by atoms with Gasteiger partial charge in [0.1, 0.15) is 6.54 Å². The standard InChI is InChI=1S/C15H14N4O4/c1-9-3-2-4-10(7-9)14(22)16-15-18-17-11(23-15)8-19-12(20)5-6-13(19)21/h2-4,7H,5-6,8H2,1H3,(H,16,18,22). The Hall–Kier alpha value is -3.03. The lowest BCUT2D eigenvalue weighted by Gasteiger charge is -2.09. The van der Waals surface area contributed by atoms with E-state index < -0.39 is 0 Å². The van der Waals surface area contributed by atoms with Crippen molar-refractivity contribution in [3.8, 4) is 0 Å². The van der Waals surface area contributed by atoms with E-state index in [1.165, 1.54) is 0 Å². The van der Waals surface area contributed by atoms with Gasteiger partial charge in [-0.2, -0.15) is 0 Å². The van der Waals surface area contributed by atoms with Gasteiger partial charge in [-0.3, -0.25) is 24.6 Å². The SMILES string of the molecule is Cc1cccc(C(=O)Nc2nnc(CN3C(=O)CCC3=O)o2)c1. The Labute approximate surface area is 131 Å². The van der Waals surface area contributed by atoms with Gasteiger partial charge in [-0.1, -0.05) is 22.8 Å². The number of imide groups is 1. The van der Waals surface area contributed by atoms with E-state index in [1.54, 1.807) is 18.2 Å². The van der Waals surface area contributed by atoms with E-state index in [9.17, 15) is 14.4 Å². The molecule has 1 saturated heterocycles. The van der Waals surface area contributed by atoms with Gasteiger partial charge in [-0.15, -0.1) is 5.10 Å².